The number of phenols is 2. The summed E-state index contributed by atoms with van der Waals surface area (Å²) in [7, 11) is 0. The van der Waals surface area contributed by atoms with Crippen LogP contribution in [0.4, 0.5) is 0 Å². The number of aryl methyl sites for hydroxylation is 2. The average Bonchev–Trinajstić information content (AvgIpc) is 2.55. The van der Waals surface area contributed by atoms with E-state index in [0.29, 0.717) is 0 Å². The largest absolute Gasteiger partial charge is 0.508 e. The van der Waals surface area contributed by atoms with Crippen LogP contribution in [-0.2, 0) is 0 Å². The standard InChI is InChI=1S/C20H19NO2/c1-13-6-8-18(22)15(11-13)20(17-5-3-4-10-21-17)16-12-14(2)7-9-19(16)23/h3-12,20,22-23H,1-2H3. The molecule has 116 valence electrons. The molecule has 3 rings (SSSR count). The van der Waals surface area contributed by atoms with E-state index in [1.165, 1.54) is 0 Å². The van der Waals surface area contributed by atoms with E-state index in [2.05, 4.69) is 4.98 Å². The Kier molecular flexibility index (Phi) is 4.02. The number of phenolic OH excluding ortho intramolecular Hbond substituents is 2. The van der Waals surface area contributed by atoms with Gasteiger partial charge in [-0.25, -0.2) is 0 Å². The summed E-state index contributed by atoms with van der Waals surface area (Å²) in [6.07, 6.45) is 1.72. The van der Waals surface area contributed by atoms with Crippen molar-refractivity contribution in [1.82, 2.24) is 4.98 Å². The van der Waals surface area contributed by atoms with Crippen molar-refractivity contribution in [3.63, 3.8) is 0 Å². The highest BCUT2D eigenvalue weighted by atomic mass is 16.3. The molecule has 3 aromatic rings. The third-order valence-electron chi connectivity index (χ3n) is 3.97. The fraction of sp³-hybridized carbons (Fsp3) is 0.150. The maximum atomic E-state index is 10.4. The minimum absolute atomic E-state index is 0.201. The third kappa shape index (κ3) is 3.04. The number of nitrogens with zero attached hydrogens (tertiary/aromatic N) is 1. The van der Waals surface area contributed by atoms with E-state index < -0.39 is 0 Å². The topological polar surface area (TPSA) is 53.4 Å². The van der Waals surface area contributed by atoms with E-state index in [1.807, 2.05) is 56.3 Å². The second-order valence-electron chi connectivity index (χ2n) is 5.81. The number of rotatable bonds is 3. The predicted octanol–water partition coefficient (Wildman–Crippen LogP) is 4.29. The van der Waals surface area contributed by atoms with Crippen LogP contribution in [0.1, 0.15) is 33.9 Å². The Morgan fingerprint density at radius 2 is 1.35 bits per heavy atom. The van der Waals surface area contributed by atoms with Crippen LogP contribution in [0.25, 0.3) is 0 Å². The lowest BCUT2D eigenvalue weighted by Crippen LogP contribution is -2.07. The van der Waals surface area contributed by atoms with E-state index in [0.717, 1.165) is 27.9 Å². The molecule has 2 N–H and O–H groups in total. The SMILES string of the molecule is Cc1ccc(O)c(C(c2ccccn2)c2cc(C)ccc2O)c1. The zero-order valence-corrected chi connectivity index (χ0v) is 13.2. The first-order valence-electron chi connectivity index (χ1n) is 7.56. The Balaban J connectivity index is 2.27. The minimum Gasteiger partial charge on any atom is -0.508 e. The Morgan fingerprint density at radius 1 is 0.783 bits per heavy atom. The van der Waals surface area contributed by atoms with Gasteiger partial charge in [-0.1, -0.05) is 41.5 Å². The van der Waals surface area contributed by atoms with Crippen molar-refractivity contribution in [3.8, 4) is 11.5 Å². The molecule has 23 heavy (non-hydrogen) atoms. The molecule has 0 bridgehead atoms. The van der Waals surface area contributed by atoms with Crippen LogP contribution in [0.15, 0.2) is 60.8 Å². The zero-order chi connectivity index (χ0) is 16.4. The number of benzene rings is 2. The lowest BCUT2D eigenvalue weighted by Gasteiger charge is -2.21. The molecule has 0 saturated carbocycles. The molecule has 0 spiro atoms. The molecule has 3 nitrogen and oxygen atoms in total. The van der Waals surface area contributed by atoms with E-state index in [4.69, 9.17) is 0 Å². The molecule has 0 aliphatic rings. The van der Waals surface area contributed by atoms with Crippen LogP contribution in [0.3, 0.4) is 0 Å². The molecule has 0 aliphatic heterocycles. The van der Waals surface area contributed by atoms with Gasteiger partial charge in [-0.2, -0.15) is 0 Å². The molecule has 0 amide bonds. The summed E-state index contributed by atoms with van der Waals surface area (Å²) >= 11 is 0. The second-order valence-corrected chi connectivity index (χ2v) is 5.81. The molecule has 0 radical (unpaired) electrons. The first kappa shape index (κ1) is 15.1. The summed E-state index contributed by atoms with van der Waals surface area (Å²) in [6.45, 7) is 3.96. The molecule has 1 aromatic heterocycles. The number of aromatic nitrogens is 1. The summed E-state index contributed by atoms with van der Waals surface area (Å²) < 4.78 is 0. The van der Waals surface area contributed by atoms with Gasteiger partial charge in [0.25, 0.3) is 0 Å². The highest BCUT2D eigenvalue weighted by Crippen LogP contribution is 2.40. The van der Waals surface area contributed by atoms with Crippen LogP contribution in [0.2, 0.25) is 0 Å². The summed E-state index contributed by atoms with van der Waals surface area (Å²) in [6, 6.07) is 16.7. The molecule has 0 saturated heterocycles. The molecule has 0 unspecified atom stereocenters. The highest BCUT2D eigenvalue weighted by molar-refractivity contribution is 5.52. The van der Waals surface area contributed by atoms with Crippen molar-refractivity contribution in [1.29, 1.82) is 0 Å². The van der Waals surface area contributed by atoms with Crippen molar-refractivity contribution in [2.24, 2.45) is 0 Å². The van der Waals surface area contributed by atoms with Crippen LogP contribution in [-0.4, -0.2) is 15.2 Å². The van der Waals surface area contributed by atoms with Crippen molar-refractivity contribution >= 4 is 0 Å². The maximum Gasteiger partial charge on any atom is 0.119 e. The van der Waals surface area contributed by atoms with E-state index in [1.54, 1.807) is 18.3 Å². The van der Waals surface area contributed by atoms with Gasteiger partial charge in [0.05, 0.1) is 11.6 Å². The Labute approximate surface area is 135 Å². The third-order valence-corrected chi connectivity index (χ3v) is 3.97. The van der Waals surface area contributed by atoms with Crippen LogP contribution in [0, 0.1) is 13.8 Å². The van der Waals surface area contributed by atoms with Crippen molar-refractivity contribution in [2.75, 3.05) is 0 Å². The molecule has 1 heterocycles. The first-order chi connectivity index (χ1) is 11.1. The van der Waals surface area contributed by atoms with Crippen LogP contribution < -0.4 is 0 Å². The molecule has 0 atom stereocenters. The lowest BCUT2D eigenvalue weighted by atomic mass is 9.85. The molecule has 0 aliphatic carbocycles. The van der Waals surface area contributed by atoms with Gasteiger partial charge in [-0.05, 0) is 38.1 Å². The summed E-state index contributed by atoms with van der Waals surface area (Å²) in [5.74, 6) is 0.0790. The minimum atomic E-state index is -0.323. The fourth-order valence-corrected chi connectivity index (χ4v) is 2.84. The number of pyridine rings is 1. The van der Waals surface area contributed by atoms with Crippen LogP contribution >= 0.6 is 0 Å². The summed E-state index contributed by atoms with van der Waals surface area (Å²) in [5, 5.41) is 20.8. The van der Waals surface area contributed by atoms with E-state index >= 15 is 0 Å². The van der Waals surface area contributed by atoms with Gasteiger partial charge in [0.1, 0.15) is 11.5 Å². The van der Waals surface area contributed by atoms with Gasteiger partial charge >= 0.3 is 0 Å². The second kappa shape index (κ2) is 6.13. The van der Waals surface area contributed by atoms with Crippen molar-refractivity contribution in [3.05, 3.63) is 88.7 Å². The normalized spacial score (nSPS) is 10.9. The highest BCUT2D eigenvalue weighted by Gasteiger charge is 2.24. The lowest BCUT2D eigenvalue weighted by molar-refractivity contribution is 0.458. The summed E-state index contributed by atoms with van der Waals surface area (Å²) in [4.78, 5) is 4.45. The predicted molar refractivity (Wildman–Crippen MR) is 90.9 cm³/mol. The summed E-state index contributed by atoms with van der Waals surface area (Å²) in [5.41, 5.74) is 4.36. The number of hydrogen-bond donors (Lipinski definition) is 2. The van der Waals surface area contributed by atoms with Crippen LogP contribution in [0.5, 0.6) is 11.5 Å². The Morgan fingerprint density at radius 3 is 1.83 bits per heavy atom. The smallest absolute Gasteiger partial charge is 0.119 e. The number of aromatic hydroxyl groups is 2. The number of hydrogen-bond acceptors (Lipinski definition) is 3. The van der Waals surface area contributed by atoms with Gasteiger partial charge in [-0.15, -0.1) is 0 Å². The Bertz CT molecular complexity index is 777. The van der Waals surface area contributed by atoms with Crippen molar-refractivity contribution < 1.29 is 10.2 Å². The molecular formula is C20H19NO2. The van der Waals surface area contributed by atoms with Crippen molar-refractivity contribution in [2.45, 2.75) is 19.8 Å². The van der Waals surface area contributed by atoms with Gasteiger partial charge in [0.15, 0.2) is 0 Å². The fourth-order valence-electron chi connectivity index (χ4n) is 2.84. The molecular weight excluding hydrogens is 286 g/mol. The van der Waals surface area contributed by atoms with Gasteiger partial charge in [0, 0.05) is 17.3 Å². The van der Waals surface area contributed by atoms with Gasteiger partial charge < -0.3 is 10.2 Å². The van der Waals surface area contributed by atoms with E-state index in [9.17, 15) is 10.2 Å². The Hall–Kier alpha value is -2.81. The van der Waals surface area contributed by atoms with Gasteiger partial charge in [-0.3, -0.25) is 4.98 Å². The zero-order valence-electron chi connectivity index (χ0n) is 13.2. The molecule has 3 heteroatoms. The maximum absolute atomic E-state index is 10.4. The average molecular weight is 305 g/mol. The monoisotopic (exact) mass is 305 g/mol. The molecule has 2 aromatic carbocycles. The van der Waals surface area contributed by atoms with Gasteiger partial charge in [0.2, 0.25) is 0 Å². The molecule has 0 fully saturated rings. The first-order valence-corrected chi connectivity index (χ1v) is 7.56. The quantitative estimate of drug-likeness (QED) is 0.759. The van der Waals surface area contributed by atoms with E-state index in [-0.39, 0.29) is 17.4 Å².